The number of aliphatic hydroxyl groups excluding tert-OH is 1. The van der Waals surface area contributed by atoms with Gasteiger partial charge < -0.3 is 33.9 Å². The van der Waals surface area contributed by atoms with Gasteiger partial charge in [0, 0.05) is 30.4 Å². The number of fused-ring (bicyclic) bond motifs is 2. The van der Waals surface area contributed by atoms with Crippen LogP contribution in [-0.2, 0) is 14.2 Å². The van der Waals surface area contributed by atoms with Gasteiger partial charge in [-0.1, -0.05) is 23.7 Å². The Morgan fingerprint density at radius 1 is 1.12 bits per heavy atom. The van der Waals surface area contributed by atoms with E-state index in [4.69, 9.17) is 30.5 Å². The van der Waals surface area contributed by atoms with Gasteiger partial charge in [-0.2, -0.15) is 0 Å². The van der Waals surface area contributed by atoms with Gasteiger partial charge in [0.1, 0.15) is 28.9 Å². The van der Waals surface area contributed by atoms with Crippen molar-refractivity contribution in [3.63, 3.8) is 0 Å². The van der Waals surface area contributed by atoms with E-state index in [-0.39, 0.29) is 29.9 Å². The molecule has 2 N–H and O–H groups in total. The Kier molecular flexibility index (Phi) is 5.38. The van der Waals surface area contributed by atoms with Crippen LogP contribution in [0.1, 0.15) is 0 Å². The van der Waals surface area contributed by atoms with Crippen LogP contribution < -0.4 is 9.64 Å². The maximum Gasteiger partial charge on any atom is 0.194 e. The van der Waals surface area contributed by atoms with Crippen molar-refractivity contribution in [2.24, 2.45) is 0 Å². The highest BCUT2D eigenvalue weighted by Crippen LogP contribution is 2.36. The molecule has 3 aromatic rings. The molecule has 5 heterocycles. The molecule has 8 nitrogen and oxygen atoms in total. The fourth-order valence-corrected chi connectivity index (χ4v) is 4.92. The first-order valence-electron chi connectivity index (χ1n) is 11.0. The number of H-pyrrole nitrogens is 1. The third kappa shape index (κ3) is 3.74. The summed E-state index contributed by atoms with van der Waals surface area (Å²) in [6.45, 7) is 3.57. The lowest BCUT2D eigenvalue weighted by molar-refractivity contribution is 0.00794. The summed E-state index contributed by atoms with van der Waals surface area (Å²) in [5.74, 6) is -0.247. The van der Waals surface area contributed by atoms with Crippen LogP contribution in [0.5, 0.6) is 5.88 Å². The minimum Gasteiger partial charge on any atom is -0.470 e. The first kappa shape index (κ1) is 21.1. The minimum absolute atomic E-state index is 0.0541. The molecule has 0 amide bonds. The monoisotopic (exact) mass is 475 g/mol. The number of aromatic amines is 1. The SMILES string of the molecule is O[C@@H]1CO[C@H]2[C@@H]1OC[C@H]2Oc1cc2nc(-c3ccc(N4CCOCC4)cc3)c(Cl)c(F)c2[nH]1. The van der Waals surface area contributed by atoms with Gasteiger partial charge in [-0.3, -0.25) is 0 Å². The molecule has 6 rings (SSSR count). The number of aliphatic hydroxyl groups is 1. The predicted molar refractivity (Wildman–Crippen MR) is 119 cm³/mol. The molecule has 0 bridgehead atoms. The van der Waals surface area contributed by atoms with E-state index >= 15 is 4.39 Å². The van der Waals surface area contributed by atoms with E-state index < -0.39 is 24.1 Å². The lowest BCUT2D eigenvalue weighted by atomic mass is 10.1. The molecule has 3 fully saturated rings. The van der Waals surface area contributed by atoms with Crippen molar-refractivity contribution in [1.82, 2.24) is 9.97 Å². The lowest BCUT2D eigenvalue weighted by Gasteiger charge is -2.28. The molecular weight excluding hydrogens is 453 g/mol. The maximum absolute atomic E-state index is 15.1. The Morgan fingerprint density at radius 2 is 1.88 bits per heavy atom. The van der Waals surface area contributed by atoms with Crippen molar-refractivity contribution in [3.05, 3.63) is 41.2 Å². The molecule has 0 radical (unpaired) electrons. The average molecular weight is 476 g/mol. The first-order chi connectivity index (χ1) is 16.1. The van der Waals surface area contributed by atoms with Gasteiger partial charge in [0.2, 0.25) is 0 Å². The first-order valence-corrected chi connectivity index (χ1v) is 11.3. The zero-order chi connectivity index (χ0) is 22.5. The van der Waals surface area contributed by atoms with E-state index in [0.717, 1.165) is 24.3 Å². The molecule has 2 aromatic heterocycles. The average Bonchev–Trinajstić information content (AvgIpc) is 3.54. The number of nitrogens with zero attached hydrogens (tertiary/aromatic N) is 2. The molecule has 3 aliphatic rings. The molecule has 3 aliphatic heterocycles. The van der Waals surface area contributed by atoms with E-state index in [2.05, 4.69) is 14.9 Å². The largest absolute Gasteiger partial charge is 0.470 e. The minimum atomic E-state index is -0.665. The highest BCUT2D eigenvalue weighted by Gasteiger charge is 2.48. The second kappa shape index (κ2) is 8.41. The fourth-order valence-electron chi connectivity index (χ4n) is 4.67. The Bertz CT molecular complexity index is 1170. The van der Waals surface area contributed by atoms with Gasteiger partial charge in [-0.15, -0.1) is 0 Å². The molecule has 10 heteroatoms. The van der Waals surface area contributed by atoms with Crippen molar-refractivity contribution in [2.75, 3.05) is 44.4 Å². The Hall–Kier alpha value is -2.43. The smallest absolute Gasteiger partial charge is 0.194 e. The molecule has 0 unspecified atom stereocenters. The van der Waals surface area contributed by atoms with Gasteiger partial charge in [-0.25, -0.2) is 9.37 Å². The standard InChI is InChI=1S/C23H23ClFN3O5/c24-18-19(25)21-14(9-17(27-21)33-16-11-32-22-15(29)10-31-23(16)22)26-20(18)12-1-3-13(4-2-12)28-5-7-30-8-6-28/h1-4,9,15-16,22-23,27,29H,5-8,10-11H2/t15-,16-,22-,23-/m1/s1. The summed E-state index contributed by atoms with van der Waals surface area (Å²) in [6, 6.07) is 9.40. The number of ether oxygens (including phenoxy) is 4. The number of anilines is 1. The van der Waals surface area contributed by atoms with E-state index in [1.165, 1.54) is 0 Å². The summed E-state index contributed by atoms with van der Waals surface area (Å²) < 4.78 is 37.7. The molecule has 0 saturated carbocycles. The molecule has 1 aromatic carbocycles. The number of benzene rings is 1. The van der Waals surface area contributed by atoms with Crippen molar-refractivity contribution in [2.45, 2.75) is 24.4 Å². The van der Waals surface area contributed by atoms with Crippen LogP contribution in [0.15, 0.2) is 30.3 Å². The summed E-state index contributed by atoms with van der Waals surface area (Å²) in [5.41, 5.74) is 2.75. The predicted octanol–water partition coefficient (Wildman–Crippen LogP) is 2.76. The van der Waals surface area contributed by atoms with Crippen molar-refractivity contribution < 1.29 is 28.4 Å². The third-order valence-electron chi connectivity index (χ3n) is 6.40. The quantitative estimate of drug-likeness (QED) is 0.599. The Labute approximate surface area is 194 Å². The summed E-state index contributed by atoms with van der Waals surface area (Å²) >= 11 is 6.37. The number of hydrogen-bond donors (Lipinski definition) is 2. The van der Waals surface area contributed by atoms with Gasteiger partial charge in [0.25, 0.3) is 0 Å². The van der Waals surface area contributed by atoms with Crippen LogP contribution in [0.25, 0.3) is 22.3 Å². The zero-order valence-corrected chi connectivity index (χ0v) is 18.4. The fraction of sp³-hybridized carbons (Fsp3) is 0.435. The summed E-state index contributed by atoms with van der Waals surface area (Å²) in [7, 11) is 0. The molecular formula is C23H23ClFN3O5. The number of aromatic nitrogens is 2. The number of morpholine rings is 1. The van der Waals surface area contributed by atoms with Gasteiger partial charge in [0.05, 0.1) is 37.6 Å². The number of pyridine rings is 1. The van der Waals surface area contributed by atoms with Crippen LogP contribution in [0.3, 0.4) is 0 Å². The van der Waals surface area contributed by atoms with Gasteiger partial charge >= 0.3 is 0 Å². The number of hydrogen-bond acceptors (Lipinski definition) is 7. The summed E-state index contributed by atoms with van der Waals surface area (Å²) in [6.07, 6.45) is -1.85. The molecule has 0 spiro atoms. The van der Waals surface area contributed by atoms with E-state index in [0.29, 0.717) is 30.3 Å². The van der Waals surface area contributed by atoms with Crippen LogP contribution in [-0.4, -0.2) is 79.0 Å². The number of nitrogens with one attached hydrogen (secondary N) is 1. The van der Waals surface area contributed by atoms with Crippen LogP contribution in [0, 0.1) is 5.82 Å². The normalized spacial score (nSPS) is 27.3. The van der Waals surface area contributed by atoms with Crippen LogP contribution in [0.4, 0.5) is 10.1 Å². The summed E-state index contributed by atoms with van der Waals surface area (Å²) in [5, 5.41) is 9.84. The zero-order valence-electron chi connectivity index (χ0n) is 17.7. The van der Waals surface area contributed by atoms with E-state index in [1.54, 1.807) is 6.07 Å². The second-order valence-electron chi connectivity index (χ2n) is 8.45. The summed E-state index contributed by atoms with van der Waals surface area (Å²) in [4.78, 5) is 9.76. The molecule has 33 heavy (non-hydrogen) atoms. The van der Waals surface area contributed by atoms with Crippen LogP contribution >= 0.6 is 11.6 Å². The van der Waals surface area contributed by atoms with Crippen molar-refractivity contribution >= 4 is 28.3 Å². The highest BCUT2D eigenvalue weighted by molar-refractivity contribution is 6.33. The molecule has 3 saturated heterocycles. The number of rotatable bonds is 4. The molecule has 174 valence electrons. The van der Waals surface area contributed by atoms with Gasteiger partial charge in [0.15, 0.2) is 17.8 Å². The maximum atomic E-state index is 15.1. The lowest BCUT2D eigenvalue weighted by Crippen LogP contribution is -2.36. The Balaban J connectivity index is 1.27. The van der Waals surface area contributed by atoms with Crippen molar-refractivity contribution in [1.29, 1.82) is 0 Å². The Morgan fingerprint density at radius 3 is 2.67 bits per heavy atom. The highest BCUT2D eigenvalue weighted by atomic mass is 35.5. The topological polar surface area (TPSA) is 89.1 Å². The molecule has 4 atom stereocenters. The molecule has 0 aliphatic carbocycles. The van der Waals surface area contributed by atoms with Crippen molar-refractivity contribution in [3.8, 4) is 17.1 Å². The van der Waals surface area contributed by atoms with E-state index in [1.807, 2.05) is 24.3 Å². The third-order valence-corrected chi connectivity index (χ3v) is 6.75. The van der Waals surface area contributed by atoms with E-state index in [9.17, 15) is 5.11 Å². The van der Waals surface area contributed by atoms with Crippen LogP contribution in [0.2, 0.25) is 5.02 Å². The van der Waals surface area contributed by atoms with Gasteiger partial charge in [-0.05, 0) is 12.1 Å². The second-order valence-corrected chi connectivity index (χ2v) is 8.83. The number of halogens is 2.